The van der Waals surface area contributed by atoms with E-state index in [9.17, 15) is 0 Å². The molecule has 0 N–H and O–H groups in total. The van der Waals surface area contributed by atoms with Crippen LogP contribution in [-0.4, -0.2) is 18.0 Å². The number of fused-ring (bicyclic) bond motifs is 3. The Morgan fingerprint density at radius 2 is 1.38 bits per heavy atom. The van der Waals surface area contributed by atoms with Gasteiger partial charge in [0.05, 0.1) is 8.07 Å². The molecule has 7 aromatic rings. The van der Waals surface area contributed by atoms with Crippen molar-refractivity contribution in [1.29, 1.82) is 0 Å². The third-order valence-corrected chi connectivity index (χ3v) is 12.1. The van der Waals surface area contributed by atoms with Crippen LogP contribution in [0, 0.1) is 23.0 Å². The molecule has 0 atom stereocenters. The number of pyridine rings is 2. The summed E-state index contributed by atoms with van der Waals surface area (Å²) in [5, 5.41) is 4.07. The van der Waals surface area contributed by atoms with Crippen molar-refractivity contribution in [2.75, 3.05) is 0 Å². The molecule has 269 valence electrons. The van der Waals surface area contributed by atoms with Crippen molar-refractivity contribution in [3.8, 4) is 33.6 Å². The molecular formula is C47H50IrN2SSi-2. The predicted molar refractivity (Wildman–Crippen MR) is 225 cm³/mol. The van der Waals surface area contributed by atoms with E-state index in [1.807, 2.05) is 41.8 Å². The molecule has 0 amide bonds. The quantitative estimate of drug-likeness (QED) is 0.123. The van der Waals surface area contributed by atoms with Gasteiger partial charge in [0.1, 0.15) is 0 Å². The van der Waals surface area contributed by atoms with E-state index in [-0.39, 0.29) is 30.9 Å². The van der Waals surface area contributed by atoms with Crippen molar-refractivity contribution in [2.24, 2.45) is 10.8 Å². The van der Waals surface area contributed by atoms with Crippen molar-refractivity contribution in [3.63, 3.8) is 0 Å². The molecular weight excluding hydrogens is 845 g/mol. The second-order valence-electron chi connectivity index (χ2n) is 17.1. The topological polar surface area (TPSA) is 25.8 Å². The number of thiophene rings is 1. The SMILES string of the molecule is CC(C)(C)Cc1cc(-c2[c-]cccc2)ncc1[Si](C)(C)C.CC(C)(C)Cc1ccnc(-c2[c-]ccc3c2sc2ccc(-c4ccccc4)cc23)c1.[Ir]. The summed E-state index contributed by atoms with van der Waals surface area (Å²) >= 11 is 1.83. The van der Waals surface area contributed by atoms with Crippen molar-refractivity contribution in [2.45, 2.75) is 74.0 Å². The van der Waals surface area contributed by atoms with Crippen molar-refractivity contribution in [1.82, 2.24) is 9.97 Å². The molecule has 0 fully saturated rings. The van der Waals surface area contributed by atoms with E-state index in [1.54, 1.807) is 0 Å². The van der Waals surface area contributed by atoms with Gasteiger partial charge in [0.25, 0.3) is 0 Å². The summed E-state index contributed by atoms with van der Waals surface area (Å²) in [4.78, 5) is 9.41. The largest absolute Gasteiger partial charge is 0.305 e. The zero-order chi connectivity index (χ0) is 36.4. The van der Waals surface area contributed by atoms with Crippen LogP contribution in [0.2, 0.25) is 19.6 Å². The maximum Gasteiger partial charge on any atom is 0.0798 e. The Labute approximate surface area is 330 Å². The van der Waals surface area contributed by atoms with Gasteiger partial charge in [-0.2, -0.15) is 11.3 Å². The molecule has 1 radical (unpaired) electrons. The van der Waals surface area contributed by atoms with Gasteiger partial charge in [-0.1, -0.05) is 126 Å². The molecule has 0 aliphatic heterocycles. The Morgan fingerprint density at radius 1 is 0.654 bits per heavy atom. The zero-order valence-electron chi connectivity index (χ0n) is 32.0. The van der Waals surface area contributed by atoms with E-state index in [0.29, 0.717) is 0 Å². The van der Waals surface area contributed by atoms with Crippen molar-refractivity contribution in [3.05, 3.63) is 139 Å². The van der Waals surface area contributed by atoms with Gasteiger partial charge < -0.3 is 9.97 Å². The van der Waals surface area contributed by atoms with E-state index in [1.165, 1.54) is 47.6 Å². The first kappa shape index (κ1) is 39.5. The maximum atomic E-state index is 4.71. The minimum Gasteiger partial charge on any atom is -0.305 e. The summed E-state index contributed by atoms with van der Waals surface area (Å²) < 4.78 is 2.56. The Bertz CT molecular complexity index is 2260. The zero-order valence-corrected chi connectivity index (χ0v) is 36.2. The molecule has 0 aliphatic carbocycles. The average Bonchev–Trinajstić information content (AvgIpc) is 3.46. The molecule has 0 saturated heterocycles. The van der Waals surface area contributed by atoms with Crippen molar-refractivity contribution >= 4 is 44.8 Å². The van der Waals surface area contributed by atoms with Crippen LogP contribution < -0.4 is 5.19 Å². The third-order valence-electron chi connectivity index (χ3n) is 8.86. The molecule has 7 rings (SSSR count). The van der Waals surface area contributed by atoms with Gasteiger partial charge in [-0.15, -0.1) is 59.7 Å². The summed E-state index contributed by atoms with van der Waals surface area (Å²) in [6, 6.07) is 43.1. The third kappa shape index (κ3) is 9.82. The van der Waals surface area contributed by atoms with Crippen LogP contribution in [0.1, 0.15) is 52.7 Å². The number of hydrogen-bond donors (Lipinski definition) is 0. The molecule has 5 heteroatoms. The van der Waals surface area contributed by atoms with Crippen LogP contribution in [0.5, 0.6) is 0 Å². The first-order valence-corrected chi connectivity index (χ1v) is 22.3. The fourth-order valence-electron chi connectivity index (χ4n) is 6.67. The van der Waals surface area contributed by atoms with Crippen LogP contribution in [0.3, 0.4) is 0 Å². The minimum absolute atomic E-state index is 0. The molecule has 0 spiro atoms. The Kier molecular flexibility index (Phi) is 12.2. The van der Waals surface area contributed by atoms with Crippen LogP contribution in [0.4, 0.5) is 0 Å². The number of rotatable bonds is 6. The number of nitrogens with zero attached hydrogens (tertiary/aromatic N) is 2. The van der Waals surface area contributed by atoms with E-state index in [2.05, 4.69) is 158 Å². The Balaban J connectivity index is 0.000000210. The normalized spacial score (nSPS) is 11.9. The molecule has 3 heterocycles. The molecule has 0 saturated carbocycles. The van der Waals surface area contributed by atoms with Gasteiger partial charge in [-0.3, -0.25) is 0 Å². The maximum absolute atomic E-state index is 4.71. The summed E-state index contributed by atoms with van der Waals surface area (Å²) in [6.45, 7) is 20.9. The van der Waals surface area contributed by atoms with E-state index in [0.717, 1.165) is 35.4 Å². The van der Waals surface area contributed by atoms with Crippen LogP contribution in [-0.2, 0) is 32.9 Å². The molecule has 0 aliphatic rings. The monoisotopic (exact) mass is 895 g/mol. The second-order valence-corrected chi connectivity index (χ2v) is 23.1. The van der Waals surface area contributed by atoms with Gasteiger partial charge in [0, 0.05) is 37.2 Å². The molecule has 0 unspecified atom stereocenters. The van der Waals surface area contributed by atoms with Crippen LogP contribution in [0.25, 0.3) is 53.8 Å². The van der Waals surface area contributed by atoms with Gasteiger partial charge in [-0.05, 0) is 79.7 Å². The summed E-state index contributed by atoms with van der Waals surface area (Å²) in [5.74, 6) is 0. The molecule has 2 nitrogen and oxygen atoms in total. The molecule has 3 aromatic heterocycles. The van der Waals surface area contributed by atoms with E-state index < -0.39 is 8.07 Å². The van der Waals surface area contributed by atoms with Crippen LogP contribution in [0.15, 0.2) is 116 Å². The number of benzene rings is 4. The average molecular weight is 895 g/mol. The fraction of sp³-hybridized carbons (Fsp3) is 0.277. The number of hydrogen-bond acceptors (Lipinski definition) is 3. The van der Waals surface area contributed by atoms with E-state index >= 15 is 0 Å². The van der Waals surface area contributed by atoms with Gasteiger partial charge >= 0.3 is 0 Å². The summed E-state index contributed by atoms with van der Waals surface area (Å²) in [7, 11) is -1.37. The molecule has 52 heavy (non-hydrogen) atoms. The molecule has 0 bridgehead atoms. The summed E-state index contributed by atoms with van der Waals surface area (Å²) in [5.41, 5.74) is 10.1. The van der Waals surface area contributed by atoms with Crippen molar-refractivity contribution < 1.29 is 20.1 Å². The second kappa shape index (κ2) is 16.1. The van der Waals surface area contributed by atoms with Crippen LogP contribution >= 0.6 is 11.3 Å². The first-order valence-electron chi connectivity index (χ1n) is 18.0. The molecule has 4 aromatic carbocycles. The van der Waals surface area contributed by atoms with Gasteiger partial charge in [0.15, 0.2) is 0 Å². The number of aromatic nitrogens is 2. The summed E-state index contributed by atoms with van der Waals surface area (Å²) in [6.07, 6.45) is 6.17. The predicted octanol–water partition coefficient (Wildman–Crippen LogP) is 12.9. The Morgan fingerprint density at radius 3 is 2.06 bits per heavy atom. The van der Waals surface area contributed by atoms with Gasteiger partial charge in [0.2, 0.25) is 0 Å². The Hall–Kier alpha value is -3.73. The minimum atomic E-state index is -1.37. The van der Waals surface area contributed by atoms with Gasteiger partial charge in [-0.25, -0.2) is 0 Å². The standard InChI is InChI=1S/C28H24NS.C19H26NSi.Ir/c1-28(2,3)18-19-14-15-29-25(16-19)23-11-7-10-22-24-17-21(20-8-5-4-6-9-20)12-13-26(24)30-27(22)23;1-19(2,3)13-16-12-17(15-10-8-7-9-11-15)20-14-18(16)21(4,5)6;/h4-10,12-17H,18H2,1-3H3;7-10,12,14H,13H2,1-6H3;/q2*-1;. The smallest absolute Gasteiger partial charge is 0.0798 e. The van der Waals surface area contributed by atoms with E-state index in [4.69, 9.17) is 9.97 Å². The first-order chi connectivity index (χ1) is 24.1. The fourth-order valence-corrected chi connectivity index (χ4v) is 9.43.